The minimum Gasteiger partial charge on any atom is -0.476 e. The van der Waals surface area contributed by atoms with Crippen molar-refractivity contribution < 1.29 is 14.8 Å². The van der Waals surface area contributed by atoms with Crippen molar-refractivity contribution in [1.82, 2.24) is 9.78 Å². The van der Waals surface area contributed by atoms with Gasteiger partial charge >= 0.3 is 11.7 Å². The van der Waals surface area contributed by atoms with E-state index in [0.717, 1.165) is 12.8 Å². The molecule has 0 aliphatic heterocycles. The number of aromatic nitrogens is 2. The molecule has 1 N–H and O–H groups in total. The van der Waals surface area contributed by atoms with E-state index in [0.29, 0.717) is 0 Å². The van der Waals surface area contributed by atoms with E-state index in [4.69, 9.17) is 5.11 Å². The summed E-state index contributed by atoms with van der Waals surface area (Å²) in [5.41, 5.74) is -0.543. The first-order valence-corrected chi connectivity index (χ1v) is 4.49. The third-order valence-corrected chi connectivity index (χ3v) is 2.33. The summed E-state index contributed by atoms with van der Waals surface area (Å²) in [5, 5.41) is 23.5. The van der Waals surface area contributed by atoms with Gasteiger partial charge in [0.1, 0.15) is 5.69 Å². The van der Waals surface area contributed by atoms with Gasteiger partial charge < -0.3 is 5.11 Å². The Hall–Kier alpha value is -1.92. The first-order valence-electron chi connectivity index (χ1n) is 4.49. The standard InChI is InChI=1S/C8H9N3O4/c1-4-6(11(14)15)7(8(12)13)10(9-4)5-2-3-5/h5H,2-3H2,1H3,(H,12,13). The Kier molecular flexibility index (Phi) is 1.95. The maximum absolute atomic E-state index is 10.9. The Morgan fingerprint density at radius 3 is 2.67 bits per heavy atom. The Labute approximate surface area is 84.5 Å². The lowest BCUT2D eigenvalue weighted by Gasteiger charge is -1.99. The average molecular weight is 211 g/mol. The van der Waals surface area contributed by atoms with Crippen molar-refractivity contribution in [3.05, 3.63) is 21.5 Å². The van der Waals surface area contributed by atoms with Crippen LogP contribution in [0.5, 0.6) is 0 Å². The van der Waals surface area contributed by atoms with E-state index in [9.17, 15) is 14.9 Å². The van der Waals surface area contributed by atoms with Gasteiger partial charge in [-0.2, -0.15) is 5.10 Å². The van der Waals surface area contributed by atoms with Crippen LogP contribution in [0.3, 0.4) is 0 Å². The summed E-state index contributed by atoms with van der Waals surface area (Å²) >= 11 is 0. The first-order chi connectivity index (χ1) is 7.02. The number of nitrogens with zero attached hydrogens (tertiary/aromatic N) is 3. The molecule has 0 saturated heterocycles. The summed E-state index contributed by atoms with van der Waals surface area (Å²) in [4.78, 5) is 20.9. The van der Waals surface area contributed by atoms with E-state index in [2.05, 4.69) is 5.10 Å². The van der Waals surface area contributed by atoms with Crippen LogP contribution in [-0.2, 0) is 0 Å². The van der Waals surface area contributed by atoms with Gasteiger partial charge in [-0.15, -0.1) is 0 Å². The topological polar surface area (TPSA) is 98.3 Å². The van der Waals surface area contributed by atoms with Crippen molar-refractivity contribution in [1.29, 1.82) is 0 Å². The van der Waals surface area contributed by atoms with Gasteiger partial charge in [-0.1, -0.05) is 0 Å². The average Bonchev–Trinajstić information content (AvgIpc) is 2.88. The molecule has 80 valence electrons. The molecule has 0 aromatic carbocycles. The molecule has 0 radical (unpaired) electrons. The second-order valence-corrected chi connectivity index (χ2v) is 3.52. The maximum Gasteiger partial charge on any atom is 0.361 e. The summed E-state index contributed by atoms with van der Waals surface area (Å²) in [6.07, 6.45) is 1.66. The Balaban J connectivity index is 2.61. The lowest BCUT2D eigenvalue weighted by molar-refractivity contribution is -0.385. The second-order valence-electron chi connectivity index (χ2n) is 3.52. The first kappa shape index (κ1) is 9.63. The van der Waals surface area contributed by atoms with Gasteiger partial charge in [-0.3, -0.25) is 10.1 Å². The zero-order valence-corrected chi connectivity index (χ0v) is 8.01. The van der Waals surface area contributed by atoms with Gasteiger partial charge in [-0.05, 0) is 19.8 Å². The monoisotopic (exact) mass is 211 g/mol. The number of nitro groups is 1. The fourth-order valence-corrected chi connectivity index (χ4v) is 1.54. The van der Waals surface area contributed by atoms with Crippen LogP contribution in [0.15, 0.2) is 0 Å². The highest BCUT2D eigenvalue weighted by molar-refractivity contribution is 5.91. The van der Waals surface area contributed by atoms with E-state index in [1.807, 2.05) is 0 Å². The molecule has 7 nitrogen and oxygen atoms in total. The molecule has 7 heteroatoms. The predicted octanol–water partition coefficient (Wildman–Crippen LogP) is 1.13. The van der Waals surface area contributed by atoms with Crippen molar-refractivity contribution in [2.45, 2.75) is 25.8 Å². The zero-order chi connectivity index (χ0) is 11.2. The molecule has 1 saturated carbocycles. The fraction of sp³-hybridized carbons (Fsp3) is 0.500. The molecule has 0 spiro atoms. The van der Waals surface area contributed by atoms with Crippen LogP contribution in [0.25, 0.3) is 0 Å². The van der Waals surface area contributed by atoms with Crippen LogP contribution in [0.4, 0.5) is 5.69 Å². The van der Waals surface area contributed by atoms with Crippen LogP contribution in [0.2, 0.25) is 0 Å². The minimum absolute atomic E-state index is 0.0171. The van der Waals surface area contributed by atoms with Crippen LogP contribution in [0, 0.1) is 17.0 Å². The number of aryl methyl sites for hydroxylation is 1. The molecule has 15 heavy (non-hydrogen) atoms. The van der Waals surface area contributed by atoms with Crippen molar-refractivity contribution >= 4 is 11.7 Å². The largest absolute Gasteiger partial charge is 0.476 e. The molecule has 1 aliphatic carbocycles. The van der Waals surface area contributed by atoms with E-state index in [-0.39, 0.29) is 17.4 Å². The smallest absolute Gasteiger partial charge is 0.361 e. The number of carboxylic acids is 1. The highest BCUT2D eigenvalue weighted by atomic mass is 16.6. The molecule has 1 aliphatic rings. The quantitative estimate of drug-likeness (QED) is 0.596. The van der Waals surface area contributed by atoms with E-state index < -0.39 is 16.6 Å². The van der Waals surface area contributed by atoms with E-state index >= 15 is 0 Å². The highest BCUT2D eigenvalue weighted by Crippen LogP contribution is 2.38. The van der Waals surface area contributed by atoms with Crippen LogP contribution >= 0.6 is 0 Å². The van der Waals surface area contributed by atoms with Crippen molar-refractivity contribution in [3.8, 4) is 0 Å². The van der Waals surface area contributed by atoms with Gasteiger partial charge in [0.05, 0.1) is 11.0 Å². The third kappa shape index (κ3) is 1.45. The number of carbonyl (C=O) groups is 1. The lowest BCUT2D eigenvalue weighted by atomic mass is 10.3. The molecular formula is C8H9N3O4. The molecule has 2 rings (SSSR count). The molecule has 0 bridgehead atoms. The van der Waals surface area contributed by atoms with Crippen molar-refractivity contribution in [3.63, 3.8) is 0 Å². The van der Waals surface area contributed by atoms with E-state index in [1.165, 1.54) is 11.6 Å². The lowest BCUT2D eigenvalue weighted by Crippen LogP contribution is -2.10. The number of aromatic carboxylic acids is 1. The zero-order valence-electron chi connectivity index (χ0n) is 8.01. The van der Waals surface area contributed by atoms with Gasteiger partial charge in [0.2, 0.25) is 5.69 Å². The summed E-state index contributed by atoms with van der Waals surface area (Å²) in [6, 6.07) is 0.0171. The molecule has 0 atom stereocenters. The van der Waals surface area contributed by atoms with Crippen LogP contribution < -0.4 is 0 Å². The number of carboxylic acid groups (broad SMARTS) is 1. The summed E-state index contributed by atoms with van der Waals surface area (Å²) in [7, 11) is 0. The third-order valence-electron chi connectivity index (χ3n) is 2.33. The second kappa shape index (κ2) is 3.04. The molecule has 1 aromatic rings. The molecule has 1 fully saturated rings. The highest BCUT2D eigenvalue weighted by Gasteiger charge is 2.36. The number of hydrogen-bond donors (Lipinski definition) is 1. The van der Waals surface area contributed by atoms with Crippen LogP contribution in [-0.4, -0.2) is 25.8 Å². The Morgan fingerprint density at radius 2 is 2.27 bits per heavy atom. The maximum atomic E-state index is 10.9. The minimum atomic E-state index is -1.30. The van der Waals surface area contributed by atoms with Crippen molar-refractivity contribution in [2.75, 3.05) is 0 Å². The normalized spacial score (nSPS) is 15.3. The molecular weight excluding hydrogens is 202 g/mol. The number of rotatable bonds is 3. The van der Waals surface area contributed by atoms with Crippen molar-refractivity contribution in [2.24, 2.45) is 0 Å². The van der Waals surface area contributed by atoms with Gasteiger partial charge in [-0.25, -0.2) is 9.48 Å². The Bertz CT molecular complexity index is 447. The van der Waals surface area contributed by atoms with Gasteiger partial charge in [0.25, 0.3) is 0 Å². The predicted molar refractivity (Wildman–Crippen MR) is 48.8 cm³/mol. The van der Waals surface area contributed by atoms with Crippen LogP contribution in [0.1, 0.15) is 35.1 Å². The number of hydrogen-bond acceptors (Lipinski definition) is 4. The van der Waals surface area contributed by atoms with Gasteiger partial charge in [0, 0.05) is 0 Å². The summed E-state index contributed by atoms with van der Waals surface area (Å²) in [5.74, 6) is -1.30. The SMILES string of the molecule is Cc1nn(C2CC2)c(C(=O)O)c1[N+](=O)[O-]. The molecule has 1 aromatic heterocycles. The molecule has 1 heterocycles. The molecule has 0 unspecified atom stereocenters. The summed E-state index contributed by atoms with van der Waals surface area (Å²) in [6.45, 7) is 1.45. The van der Waals surface area contributed by atoms with Gasteiger partial charge in [0.15, 0.2) is 0 Å². The summed E-state index contributed by atoms with van der Waals surface area (Å²) < 4.78 is 1.26. The van der Waals surface area contributed by atoms with E-state index in [1.54, 1.807) is 0 Å². The fourth-order valence-electron chi connectivity index (χ4n) is 1.54. The molecule has 0 amide bonds. The Morgan fingerprint density at radius 1 is 1.67 bits per heavy atom.